The molecular formula is C11H20N2O2. The van der Waals surface area contributed by atoms with Crippen LogP contribution in [-0.4, -0.2) is 29.1 Å². The maximum Gasteiger partial charge on any atom is 0.157 e. The zero-order chi connectivity index (χ0) is 11.3. The molecule has 0 radical (unpaired) electrons. The molecule has 0 saturated heterocycles. The first-order chi connectivity index (χ1) is 7.07. The van der Waals surface area contributed by atoms with E-state index in [1.165, 1.54) is 0 Å². The van der Waals surface area contributed by atoms with Crippen LogP contribution < -0.4 is 4.74 Å². The molecule has 0 spiro atoms. The van der Waals surface area contributed by atoms with E-state index in [2.05, 4.69) is 5.10 Å². The van der Waals surface area contributed by atoms with Gasteiger partial charge >= 0.3 is 0 Å². The van der Waals surface area contributed by atoms with Crippen molar-refractivity contribution >= 4 is 0 Å². The van der Waals surface area contributed by atoms with Gasteiger partial charge in [-0.25, -0.2) is 0 Å². The molecule has 0 atom stereocenters. The Morgan fingerprint density at radius 3 is 2.73 bits per heavy atom. The van der Waals surface area contributed by atoms with Crippen molar-refractivity contribution in [2.24, 2.45) is 0 Å². The minimum atomic E-state index is -0.124. The summed E-state index contributed by atoms with van der Waals surface area (Å²) in [7, 11) is 1.72. The number of aryl methyl sites for hydroxylation is 1. The molecule has 0 saturated carbocycles. The minimum absolute atomic E-state index is 0.124. The van der Waals surface area contributed by atoms with Crippen LogP contribution in [0.25, 0.3) is 0 Å². The lowest BCUT2D eigenvalue weighted by molar-refractivity contribution is 0.00545. The van der Waals surface area contributed by atoms with Crippen LogP contribution in [0.4, 0.5) is 0 Å². The zero-order valence-electron chi connectivity index (χ0n) is 9.99. The van der Waals surface area contributed by atoms with Gasteiger partial charge in [-0.3, -0.25) is 4.68 Å². The molecule has 0 N–H and O–H groups in total. The topological polar surface area (TPSA) is 36.3 Å². The van der Waals surface area contributed by atoms with E-state index in [0.29, 0.717) is 6.61 Å². The highest BCUT2D eigenvalue weighted by atomic mass is 16.5. The quantitative estimate of drug-likeness (QED) is 0.724. The van der Waals surface area contributed by atoms with Crippen molar-refractivity contribution in [1.82, 2.24) is 9.78 Å². The van der Waals surface area contributed by atoms with E-state index < -0.39 is 0 Å². The van der Waals surface area contributed by atoms with Gasteiger partial charge in [-0.05, 0) is 20.8 Å². The Morgan fingerprint density at radius 1 is 1.47 bits per heavy atom. The smallest absolute Gasteiger partial charge is 0.157 e. The van der Waals surface area contributed by atoms with Crippen LogP contribution >= 0.6 is 0 Å². The average molecular weight is 212 g/mol. The fourth-order valence-electron chi connectivity index (χ4n) is 1.11. The van der Waals surface area contributed by atoms with E-state index in [0.717, 1.165) is 18.7 Å². The Balaban J connectivity index is 2.31. The lowest BCUT2D eigenvalue weighted by atomic mass is 10.1. The SMILES string of the molecule is CCn1cc(OCCC(C)(C)OC)cn1. The summed E-state index contributed by atoms with van der Waals surface area (Å²) in [4.78, 5) is 0. The molecule has 0 unspecified atom stereocenters. The third-order valence-electron chi connectivity index (χ3n) is 2.46. The lowest BCUT2D eigenvalue weighted by Crippen LogP contribution is -2.25. The van der Waals surface area contributed by atoms with Gasteiger partial charge in [0.1, 0.15) is 0 Å². The predicted molar refractivity (Wildman–Crippen MR) is 59.1 cm³/mol. The maximum atomic E-state index is 5.56. The summed E-state index contributed by atoms with van der Waals surface area (Å²) >= 11 is 0. The number of hydrogen-bond donors (Lipinski definition) is 0. The molecule has 4 heteroatoms. The van der Waals surface area contributed by atoms with Gasteiger partial charge in [-0.2, -0.15) is 5.10 Å². The summed E-state index contributed by atoms with van der Waals surface area (Å²) in [6, 6.07) is 0. The van der Waals surface area contributed by atoms with Gasteiger partial charge < -0.3 is 9.47 Å². The molecule has 1 aromatic heterocycles. The van der Waals surface area contributed by atoms with Crippen molar-refractivity contribution in [3.05, 3.63) is 12.4 Å². The third kappa shape index (κ3) is 3.91. The van der Waals surface area contributed by atoms with Gasteiger partial charge in [0.2, 0.25) is 0 Å². The van der Waals surface area contributed by atoms with Crippen LogP contribution in [0.1, 0.15) is 27.2 Å². The first-order valence-electron chi connectivity index (χ1n) is 5.28. The first-order valence-corrected chi connectivity index (χ1v) is 5.28. The molecule has 1 heterocycles. The molecule has 4 nitrogen and oxygen atoms in total. The highest BCUT2D eigenvalue weighted by Crippen LogP contribution is 2.14. The van der Waals surface area contributed by atoms with E-state index in [1.807, 2.05) is 31.6 Å². The van der Waals surface area contributed by atoms with Crippen LogP contribution in [0.5, 0.6) is 5.75 Å². The molecular weight excluding hydrogens is 192 g/mol. The summed E-state index contributed by atoms with van der Waals surface area (Å²) in [5.41, 5.74) is -0.124. The van der Waals surface area contributed by atoms with Crippen LogP contribution in [0, 0.1) is 0 Å². The van der Waals surface area contributed by atoms with E-state index >= 15 is 0 Å². The molecule has 0 fully saturated rings. The number of nitrogens with zero attached hydrogens (tertiary/aromatic N) is 2. The predicted octanol–water partition coefficient (Wildman–Crippen LogP) is 2.10. The van der Waals surface area contributed by atoms with Crippen molar-refractivity contribution in [2.45, 2.75) is 39.3 Å². The number of rotatable bonds is 6. The molecule has 0 aromatic carbocycles. The molecule has 0 amide bonds. The number of ether oxygens (including phenoxy) is 2. The van der Waals surface area contributed by atoms with E-state index in [-0.39, 0.29) is 5.60 Å². The van der Waals surface area contributed by atoms with Crippen molar-refractivity contribution in [3.63, 3.8) is 0 Å². The fraction of sp³-hybridized carbons (Fsp3) is 0.727. The Morgan fingerprint density at radius 2 is 2.20 bits per heavy atom. The molecule has 0 aliphatic carbocycles. The zero-order valence-corrected chi connectivity index (χ0v) is 9.99. The molecule has 86 valence electrons. The second kappa shape index (κ2) is 5.16. The van der Waals surface area contributed by atoms with Crippen molar-refractivity contribution in [2.75, 3.05) is 13.7 Å². The standard InChI is InChI=1S/C11H20N2O2/c1-5-13-9-10(8-12-13)15-7-6-11(2,3)14-4/h8-9H,5-7H2,1-4H3. The maximum absolute atomic E-state index is 5.56. The number of aromatic nitrogens is 2. The average Bonchev–Trinajstić information content (AvgIpc) is 2.66. The Kier molecular flexibility index (Phi) is 4.15. The monoisotopic (exact) mass is 212 g/mol. The molecule has 0 bridgehead atoms. The normalized spacial score (nSPS) is 11.7. The van der Waals surface area contributed by atoms with Gasteiger partial charge in [-0.1, -0.05) is 0 Å². The summed E-state index contributed by atoms with van der Waals surface area (Å²) in [6.45, 7) is 7.66. The Hall–Kier alpha value is -1.03. The van der Waals surface area contributed by atoms with Crippen molar-refractivity contribution in [3.8, 4) is 5.75 Å². The van der Waals surface area contributed by atoms with Gasteiger partial charge in [0, 0.05) is 20.1 Å². The minimum Gasteiger partial charge on any atom is -0.490 e. The summed E-state index contributed by atoms with van der Waals surface area (Å²) in [6.07, 6.45) is 4.50. The highest BCUT2D eigenvalue weighted by molar-refractivity contribution is 5.11. The second-order valence-electron chi connectivity index (χ2n) is 4.09. The van der Waals surface area contributed by atoms with Crippen LogP contribution in [0.15, 0.2) is 12.4 Å². The second-order valence-corrected chi connectivity index (χ2v) is 4.09. The Labute approximate surface area is 91.2 Å². The Bertz CT molecular complexity index is 295. The molecule has 0 aliphatic rings. The summed E-state index contributed by atoms with van der Waals surface area (Å²) < 4.78 is 12.7. The highest BCUT2D eigenvalue weighted by Gasteiger charge is 2.16. The van der Waals surface area contributed by atoms with Gasteiger partial charge in [0.05, 0.1) is 24.6 Å². The fourth-order valence-corrected chi connectivity index (χ4v) is 1.11. The first kappa shape index (κ1) is 12.0. The number of hydrogen-bond acceptors (Lipinski definition) is 3. The van der Waals surface area contributed by atoms with E-state index in [4.69, 9.17) is 9.47 Å². The third-order valence-corrected chi connectivity index (χ3v) is 2.46. The number of methoxy groups -OCH3 is 1. The van der Waals surface area contributed by atoms with Crippen molar-refractivity contribution in [1.29, 1.82) is 0 Å². The van der Waals surface area contributed by atoms with E-state index in [9.17, 15) is 0 Å². The largest absolute Gasteiger partial charge is 0.490 e. The van der Waals surface area contributed by atoms with Gasteiger partial charge in [0.15, 0.2) is 5.75 Å². The molecule has 15 heavy (non-hydrogen) atoms. The molecule has 1 rings (SSSR count). The molecule has 1 aromatic rings. The lowest BCUT2D eigenvalue weighted by Gasteiger charge is -2.22. The summed E-state index contributed by atoms with van der Waals surface area (Å²) in [5.74, 6) is 0.823. The van der Waals surface area contributed by atoms with Gasteiger partial charge in [-0.15, -0.1) is 0 Å². The summed E-state index contributed by atoms with van der Waals surface area (Å²) in [5, 5.41) is 4.13. The van der Waals surface area contributed by atoms with E-state index in [1.54, 1.807) is 13.3 Å². The van der Waals surface area contributed by atoms with Crippen LogP contribution in [0.3, 0.4) is 0 Å². The molecule has 0 aliphatic heterocycles. The van der Waals surface area contributed by atoms with Gasteiger partial charge in [0.25, 0.3) is 0 Å². The van der Waals surface area contributed by atoms with Crippen molar-refractivity contribution < 1.29 is 9.47 Å². The van der Waals surface area contributed by atoms with Crippen LogP contribution in [0.2, 0.25) is 0 Å². The van der Waals surface area contributed by atoms with Crippen LogP contribution in [-0.2, 0) is 11.3 Å².